The molecule has 2 aromatic rings. The van der Waals surface area contributed by atoms with Gasteiger partial charge in [0.2, 0.25) is 5.75 Å². The molecule has 0 radical (unpaired) electrons. The number of carbonyl (C=O) groups is 2. The lowest BCUT2D eigenvalue weighted by molar-refractivity contribution is 0.0696. The first-order valence-electron chi connectivity index (χ1n) is 7.05. The fourth-order valence-electron chi connectivity index (χ4n) is 2.16. The lowest BCUT2D eigenvalue weighted by Crippen LogP contribution is -2.14. The van der Waals surface area contributed by atoms with Gasteiger partial charge >= 0.3 is 5.97 Å². The normalized spacial score (nSPS) is 10.1. The molecule has 0 heterocycles. The van der Waals surface area contributed by atoms with Crippen LogP contribution in [-0.4, -0.2) is 38.3 Å². The molecule has 0 saturated heterocycles. The van der Waals surface area contributed by atoms with Crippen LogP contribution in [0.1, 0.15) is 20.7 Å². The van der Waals surface area contributed by atoms with Gasteiger partial charge < -0.3 is 24.6 Å². The summed E-state index contributed by atoms with van der Waals surface area (Å²) in [7, 11) is 4.22. The van der Waals surface area contributed by atoms with Crippen LogP contribution in [0, 0.1) is 5.82 Å². The van der Waals surface area contributed by atoms with Crippen molar-refractivity contribution in [3.63, 3.8) is 0 Å². The van der Waals surface area contributed by atoms with Gasteiger partial charge in [0.15, 0.2) is 11.5 Å². The molecule has 0 unspecified atom stereocenters. The van der Waals surface area contributed by atoms with Gasteiger partial charge in [-0.3, -0.25) is 4.79 Å². The van der Waals surface area contributed by atoms with E-state index in [0.29, 0.717) is 5.75 Å². The van der Waals surface area contributed by atoms with Gasteiger partial charge in [0.25, 0.3) is 5.91 Å². The molecular formula is C17H16FNO6. The molecule has 2 N–H and O–H groups in total. The van der Waals surface area contributed by atoms with E-state index in [2.05, 4.69) is 5.32 Å². The molecule has 0 fully saturated rings. The number of benzene rings is 2. The highest BCUT2D eigenvalue weighted by Gasteiger charge is 2.18. The van der Waals surface area contributed by atoms with Crippen molar-refractivity contribution >= 4 is 17.6 Å². The molecule has 0 aliphatic heterocycles. The van der Waals surface area contributed by atoms with Crippen LogP contribution in [0.3, 0.4) is 0 Å². The zero-order chi connectivity index (χ0) is 18.6. The van der Waals surface area contributed by atoms with Crippen molar-refractivity contribution in [2.24, 2.45) is 0 Å². The maximum absolute atomic E-state index is 13.8. The number of hydrogen-bond donors (Lipinski definition) is 2. The lowest BCUT2D eigenvalue weighted by Gasteiger charge is -2.14. The molecule has 0 aromatic heterocycles. The molecule has 0 spiro atoms. The van der Waals surface area contributed by atoms with E-state index >= 15 is 0 Å². The highest BCUT2D eigenvalue weighted by Crippen LogP contribution is 2.38. The Morgan fingerprint density at radius 3 is 2.04 bits per heavy atom. The summed E-state index contributed by atoms with van der Waals surface area (Å²) in [4.78, 5) is 23.4. The van der Waals surface area contributed by atoms with Crippen molar-refractivity contribution < 1.29 is 33.3 Å². The standard InChI is InChI=1S/C17H16FNO6/c1-23-13-7-10(8-14(24-2)15(13)25-3)16(20)19-12-6-9(17(21)22)4-5-11(12)18/h4-8H,1-3H3,(H,19,20)(H,21,22). The summed E-state index contributed by atoms with van der Waals surface area (Å²) >= 11 is 0. The minimum atomic E-state index is -1.23. The third-order valence-corrected chi connectivity index (χ3v) is 3.39. The molecule has 0 atom stereocenters. The smallest absolute Gasteiger partial charge is 0.335 e. The first kappa shape index (κ1) is 18.1. The van der Waals surface area contributed by atoms with Gasteiger partial charge in [0, 0.05) is 5.56 Å². The molecule has 1 amide bonds. The number of carbonyl (C=O) groups excluding carboxylic acids is 1. The number of rotatable bonds is 6. The van der Waals surface area contributed by atoms with E-state index in [0.717, 1.165) is 18.2 Å². The Labute approximate surface area is 142 Å². The predicted octanol–water partition coefficient (Wildman–Crippen LogP) is 2.80. The number of hydrogen-bond acceptors (Lipinski definition) is 5. The monoisotopic (exact) mass is 349 g/mol. The number of aromatic carboxylic acids is 1. The summed E-state index contributed by atoms with van der Waals surface area (Å²) in [6.07, 6.45) is 0. The molecule has 0 aliphatic rings. The second kappa shape index (κ2) is 7.52. The molecule has 0 bridgehead atoms. The highest BCUT2D eigenvalue weighted by molar-refractivity contribution is 6.05. The van der Waals surface area contributed by atoms with Crippen molar-refractivity contribution in [2.45, 2.75) is 0 Å². The van der Waals surface area contributed by atoms with Gasteiger partial charge in [-0.25, -0.2) is 9.18 Å². The SMILES string of the molecule is COc1cc(C(=O)Nc2cc(C(=O)O)ccc2F)cc(OC)c1OC. The van der Waals surface area contributed by atoms with E-state index < -0.39 is 17.7 Å². The summed E-state index contributed by atoms with van der Waals surface area (Å²) in [6, 6.07) is 5.90. The Hall–Kier alpha value is -3.29. The maximum atomic E-state index is 13.8. The predicted molar refractivity (Wildman–Crippen MR) is 87.4 cm³/mol. The Balaban J connectivity index is 2.39. The summed E-state index contributed by atoms with van der Waals surface area (Å²) in [5.74, 6) is -1.84. The lowest BCUT2D eigenvalue weighted by atomic mass is 10.1. The first-order valence-corrected chi connectivity index (χ1v) is 7.05. The van der Waals surface area contributed by atoms with E-state index in [9.17, 15) is 14.0 Å². The van der Waals surface area contributed by atoms with Gasteiger partial charge in [-0.05, 0) is 30.3 Å². The van der Waals surface area contributed by atoms with Crippen LogP contribution in [0.2, 0.25) is 0 Å². The van der Waals surface area contributed by atoms with Gasteiger partial charge in [-0.15, -0.1) is 0 Å². The molecule has 25 heavy (non-hydrogen) atoms. The Kier molecular flexibility index (Phi) is 5.43. The number of carboxylic acid groups (broad SMARTS) is 1. The van der Waals surface area contributed by atoms with E-state index in [4.69, 9.17) is 19.3 Å². The highest BCUT2D eigenvalue weighted by atomic mass is 19.1. The number of anilines is 1. The van der Waals surface area contributed by atoms with Crippen molar-refractivity contribution in [2.75, 3.05) is 26.6 Å². The summed E-state index contributed by atoms with van der Waals surface area (Å²) < 4.78 is 29.3. The van der Waals surface area contributed by atoms with Gasteiger partial charge in [0.05, 0.1) is 32.6 Å². The minimum absolute atomic E-state index is 0.120. The minimum Gasteiger partial charge on any atom is -0.493 e. The van der Waals surface area contributed by atoms with E-state index in [1.165, 1.54) is 33.5 Å². The summed E-state index contributed by atoms with van der Waals surface area (Å²) in [5, 5.41) is 11.3. The Morgan fingerprint density at radius 2 is 1.56 bits per heavy atom. The molecule has 0 saturated carbocycles. The van der Waals surface area contributed by atoms with Crippen molar-refractivity contribution in [3.8, 4) is 17.2 Å². The number of carboxylic acids is 1. The van der Waals surface area contributed by atoms with Gasteiger partial charge in [0.1, 0.15) is 5.82 Å². The number of amides is 1. The number of halogens is 1. The van der Waals surface area contributed by atoms with Crippen LogP contribution < -0.4 is 19.5 Å². The average molecular weight is 349 g/mol. The topological polar surface area (TPSA) is 94.1 Å². The van der Waals surface area contributed by atoms with Crippen molar-refractivity contribution in [1.82, 2.24) is 0 Å². The maximum Gasteiger partial charge on any atom is 0.335 e. The molecule has 0 aliphatic carbocycles. The number of ether oxygens (including phenoxy) is 3. The van der Waals surface area contributed by atoms with Crippen LogP contribution in [0.4, 0.5) is 10.1 Å². The average Bonchev–Trinajstić information content (AvgIpc) is 2.61. The Morgan fingerprint density at radius 1 is 0.960 bits per heavy atom. The number of methoxy groups -OCH3 is 3. The molecule has 7 nitrogen and oxygen atoms in total. The zero-order valence-electron chi connectivity index (χ0n) is 13.8. The van der Waals surface area contributed by atoms with Crippen molar-refractivity contribution in [3.05, 3.63) is 47.3 Å². The third-order valence-electron chi connectivity index (χ3n) is 3.39. The summed E-state index contributed by atoms with van der Waals surface area (Å²) in [6.45, 7) is 0. The fraction of sp³-hybridized carbons (Fsp3) is 0.176. The molecule has 2 rings (SSSR count). The molecule has 2 aromatic carbocycles. The van der Waals surface area contributed by atoms with E-state index in [-0.39, 0.29) is 28.3 Å². The van der Waals surface area contributed by atoms with Crippen LogP contribution in [0.25, 0.3) is 0 Å². The van der Waals surface area contributed by atoms with Gasteiger partial charge in [-0.2, -0.15) is 0 Å². The van der Waals surface area contributed by atoms with E-state index in [1.54, 1.807) is 0 Å². The van der Waals surface area contributed by atoms with Crippen LogP contribution in [0.5, 0.6) is 17.2 Å². The fourth-order valence-corrected chi connectivity index (χ4v) is 2.16. The quantitative estimate of drug-likeness (QED) is 0.833. The Bertz CT molecular complexity index is 796. The van der Waals surface area contributed by atoms with Gasteiger partial charge in [-0.1, -0.05) is 0 Å². The van der Waals surface area contributed by atoms with E-state index in [1.807, 2.05) is 0 Å². The molecular weight excluding hydrogens is 333 g/mol. The largest absolute Gasteiger partial charge is 0.493 e. The summed E-state index contributed by atoms with van der Waals surface area (Å²) in [5.41, 5.74) is -0.283. The van der Waals surface area contributed by atoms with Crippen LogP contribution in [-0.2, 0) is 0 Å². The molecule has 132 valence electrons. The van der Waals surface area contributed by atoms with Crippen LogP contribution in [0.15, 0.2) is 30.3 Å². The first-order chi connectivity index (χ1) is 11.9. The van der Waals surface area contributed by atoms with Crippen LogP contribution >= 0.6 is 0 Å². The zero-order valence-corrected chi connectivity index (χ0v) is 13.8. The van der Waals surface area contributed by atoms with Crippen molar-refractivity contribution in [1.29, 1.82) is 0 Å². The third kappa shape index (κ3) is 3.79. The number of nitrogens with one attached hydrogen (secondary N) is 1. The second-order valence-corrected chi connectivity index (χ2v) is 4.87. The second-order valence-electron chi connectivity index (χ2n) is 4.87. The molecule has 8 heteroatoms.